The monoisotopic (exact) mass is 531 g/mol. The van der Waals surface area contributed by atoms with Crippen molar-refractivity contribution in [1.29, 1.82) is 0 Å². The molecule has 6 nitrogen and oxygen atoms in total. The molecular weight excluding hydrogens is 502 g/mol. The zero-order valence-electron chi connectivity index (χ0n) is 20.7. The number of benzene rings is 2. The topological polar surface area (TPSA) is 53.7 Å². The quantitative estimate of drug-likeness (QED) is 0.359. The highest BCUT2D eigenvalue weighted by atomic mass is 79.9. The maximum Gasteiger partial charge on any atom is 0.259 e. The van der Waals surface area contributed by atoms with E-state index >= 15 is 0 Å². The Morgan fingerprint density at radius 1 is 1.00 bits per heavy atom. The average molecular weight is 532 g/mol. The number of rotatable bonds is 4. The van der Waals surface area contributed by atoms with Gasteiger partial charge in [0.05, 0.1) is 6.20 Å². The predicted molar refractivity (Wildman–Crippen MR) is 143 cm³/mol. The summed E-state index contributed by atoms with van der Waals surface area (Å²) in [6.07, 6.45) is 2.43. The molecule has 1 amide bonds. The number of nitrogens with zero attached hydrogens (tertiary/aromatic N) is 5. The molecule has 2 aromatic carbocycles. The molecule has 0 saturated carbocycles. The van der Waals surface area contributed by atoms with Crippen molar-refractivity contribution in [3.05, 3.63) is 92.3 Å². The van der Waals surface area contributed by atoms with Crippen LogP contribution in [0.3, 0.4) is 0 Å². The second kappa shape index (κ2) is 9.46. The van der Waals surface area contributed by atoms with Crippen LogP contribution in [0.15, 0.2) is 53.1 Å². The molecule has 0 unspecified atom stereocenters. The number of hydrogen-bond acceptors (Lipinski definition) is 4. The summed E-state index contributed by atoms with van der Waals surface area (Å²) >= 11 is 3.65. The largest absolute Gasteiger partial charge is 0.368 e. The van der Waals surface area contributed by atoms with E-state index in [4.69, 9.17) is 4.98 Å². The van der Waals surface area contributed by atoms with Crippen LogP contribution in [0.1, 0.15) is 44.0 Å². The molecule has 0 spiro atoms. The van der Waals surface area contributed by atoms with E-state index in [2.05, 4.69) is 77.0 Å². The summed E-state index contributed by atoms with van der Waals surface area (Å²) in [5, 5.41) is 4.57. The lowest BCUT2D eigenvalue weighted by atomic mass is 10.0. The number of carbonyl (C=O) groups is 1. The Bertz CT molecular complexity index is 1420. The van der Waals surface area contributed by atoms with Crippen molar-refractivity contribution in [3.8, 4) is 0 Å². The first-order chi connectivity index (χ1) is 16.8. The molecule has 7 heteroatoms. The molecule has 1 aliphatic heterocycles. The van der Waals surface area contributed by atoms with Crippen LogP contribution in [0.4, 0.5) is 5.69 Å². The summed E-state index contributed by atoms with van der Waals surface area (Å²) < 4.78 is 2.90. The second-order valence-electron chi connectivity index (χ2n) is 9.39. The highest BCUT2D eigenvalue weighted by molar-refractivity contribution is 9.10. The van der Waals surface area contributed by atoms with E-state index < -0.39 is 0 Å². The fourth-order valence-electron chi connectivity index (χ4n) is 4.93. The lowest BCUT2D eigenvalue weighted by Crippen LogP contribution is -2.49. The van der Waals surface area contributed by atoms with Crippen molar-refractivity contribution in [2.75, 3.05) is 31.1 Å². The first-order valence-corrected chi connectivity index (χ1v) is 12.8. The minimum absolute atomic E-state index is 0.00506. The summed E-state index contributed by atoms with van der Waals surface area (Å²) in [6, 6.07) is 14.8. The van der Waals surface area contributed by atoms with Crippen molar-refractivity contribution >= 4 is 33.2 Å². The third-order valence-electron chi connectivity index (χ3n) is 7.04. The van der Waals surface area contributed by atoms with Crippen LogP contribution in [0.5, 0.6) is 0 Å². The fraction of sp³-hybridized carbons (Fsp3) is 0.321. The number of amides is 1. The maximum atomic E-state index is 13.5. The normalized spacial score (nSPS) is 14.1. The van der Waals surface area contributed by atoms with Crippen molar-refractivity contribution in [2.24, 2.45) is 0 Å². The molecule has 1 aliphatic rings. The lowest BCUT2D eigenvalue weighted by molar-refractivity contribution is 0.0748. The van der Waals surface area contributed by atoms with Gasteiger partial charge in [0.15, 0.2) is 5.65 Å². The maximum absolute atomic E-state index is 13.5. The van der Waals surface area contributed by atoms with Gasteiger partial charge in [-0.05, 0) is 62.1 Å². The molecule has 0 atom stereocenters. The first-order valence-electron chi connectivity index (χ1n) is 12.0. The molecule has 3 heterocycles. The SMILES string of the molecule is Cc1ccc(C)c(N2CCN(C(=O)c3cnn4c(C)c(Cc5ccccc5Br)c(C)nc34)CC2)c1. The molecule has 0 aliphatic carbocycles. The van der Waals surface area contributed by atoms with Gasteiger partial charge >= 0.3 is 0 Å². The highest BCUT2D eigenvalue weighted by Gasteiger charge is 2.26. The summed E-state index contributed by atoms with van der Waals surface area (Å²) in [5.74, 6) is 0.00506. The van der Waals surface area contributed by atoms with Crippen molar-refractivity contribution in [1.82, 2.24) is 19.5 Å². The smallest absolute Gasteiger partial charge is 0.259 e. The van der Waals surface area contributed by atoms with Gasteiger partial charge in [0.1, 0.15) is 5.56 Å². The van der Waals surface area contributed by atoms with Crippen LogP contribution in [0, 0.1) is 27.7 Å². The Morgan fingerprint density at radius 3 is 2.49 bits per heavy atom. The number of aryl methyl sites for hydroxylation is 4. The molecule has 0 radical (unpaired) electrons. The summed E-state index contributed by atoms with van der Waals surface area (Å²) in [7, 11) is 0. The third kappa shape index (κ3) is 4.45. The lowest BCUT2D eigenvalue weighted by Gasteiger charge is -2.36. The Morgan fingerprint density at radius 2 is 1.74 bits per heavy atom. The number of halogens is 1. The molecule has 0 bridgehead atoms. The first kappa shape index (κ1) is 23.5. The fourth-order valence-corrected chi connectivity index (χ4v) is 5.36. The van der Waals surface area contributed by atoms with Crippen LogP contribution < -0.4 is 4.90 Å². The summed E-state index contributed by atoms with van der Waals surface area (Å²) in [6.45, 7) is 11.3. The van der Waals surface area contributed by atoms with Gasteiger partial charge < -0.3 is 9.80 Å². The molecular formula is C28H30BrN5O. The minimum atomic E-state index is 0.00506. The predicted octanol–water partition coefficient (Wildman–Crippen LogP) is 5.28. The average Bonchev–Trinajstić information content (AvgIpc) is 3.28. The van der Waals surface area contributed by atoms with Crippen LogP contribution in [0.25, 0.3) is 5.65 Å². The zero-order chi connectivity index (χ0) is 24.7. The van der Waals surface area contributed by atoms with Crippen molar-refractivity contribution in [3.63, 3.8) is 0 Å². The van der Waals surface area contributed by atoms with Gasteiger partial charge in [-0.3, -0.25) is 4.79 Å². The number of anilines is 1. The van der Waals surface area contributed by atoms with Gasteiger partial charge in [-0.2, -0.15) is 5.10 Å². The van der Waals surface area contributed by atoms with E-state index in [0.29, 0.717) is 24.3 Å². The molecule has 1 saturated heterocycles. The number of piperazine rings is 1. The van der Waals surface area contributed by atoms with Crippen LogP contribution in [-0.4, -0.2) is 51.6 Å². The van der Waals surface area contributed by atoms with Gasteiger partial charge in [-0.15, -0.1) is 0 Å². The summed E-state index contributed by atoms with van der Waals surface area (Å²) in [5.41, 5.74) is 9.28. The molecule has 2 aromatic heterocycles. The number of carbonyl (C=O) groups excluding carboxylic acids is 1. The van der Waals surface area contributed by atoms with Crippen molar-refractivity contribution < 1.29 is 4.79 Å². The Labute approximate surface area is 214 Å². The molecule has 5 rings (SSSR count). The van der Waals surface area contributed by atoms with Crippen LogP contribution in [-0.2, 0) is 6.42 Å². The van der Waals surface area contributed by atoms with E-state index in [-0.39, 0.29) is 5.91 Å². The van der Waals surface area contributed by atoms with Crippen molar-refractivity contribution in [2.45, 2.75) is 34.1 Å². The Balaban J connectivity index is 1.37. The van der Waals surface area contributed by atoms with Gasteiger partial charge in [0.25, 0.3) is 5.91 Å². The molecule has 1 fully saturated rings. The number of fused-ring (bicyclic) bond motifs is 1. The standard InChI is InChI=1S/C28H30BrN5O/c1-18-9-10-19(2)26(15-18)32-11-13-33(14-12-32)28(35)24-17-30-34-21(4)23(20(3)31-27(24)34)16-22-7-5-6-8-25(22)29/h5-10,15,17H,11-14,16H2,1-4H3. The van der Waals surface area contributed by atoms with Gasteiger partial charge in [0, 0.05) is 54.1 Å². The second-order valence-corrected chi connectivity index (χ2v) is 10.2. The Hall–Kier alpha value is -3.19. The van der Waals surface area contributed by atoms with Crippen LogP contribution in [0.2, 0.25) is 0 Å². The van der Waals surface area contributed by atoms with E-state index in [1.54, 1.807) is 6.20 Å². The van der Waals surface area contributed by atoms with E-state index in [0.717, 1.165) is 40.9 Å². The van der Waals surface area contributed by atoms with Crippen LogP contribution >= 0.6 is 15.9 Å². The molecule has 4 aromatic rings. The zero-order valence-corrected chi connectivity index (χ0v) is 22.3. The van der Waals surface area contributed by atoms with E-state index in [9.17, 15) is 4.79 Å². The molecule has 0 N–H and O–H groups in total. The van der Waals surface area contributed by atoms with E-state index in [1.165, 1.54) is 22.4 Å². The molecule has 35 heavy (non-hydrogen) atoms. The third-order valence-corrected chi connectivity index (χ3v) is 7.81. The Kier molecular flexibility index (Phi) is 6.36. The number of aromatic nitrogens is 3. The van der Waals surface area contributed by atoms with Gasteiger partial charge in [-0.1, -0.05) is 46.3 Å². The highest BCUT2D eigenvalue weighted by Crippen LogP contribution is 2.26. The number of hydrogen-bond donors (Lipinski definition) is 0. The van der Waals surface area contributed by atoms with Gasteiger partial charge in [-0.25, -0.2) is 9.50 Å². The van der Waals surface area contributed by atoms with E-state index in [1.807, 2.05) is 28.5 Å². The molecule has 180 valence electrons. The summed E-state index contributed by atoms with van der Waals surface area (Å²) in [4.78, 5) is 22.6. The minimum Gasteiger partial charge on any atom is -0.368 e. The van der Waals surface area contributed by atoms with Gasteiger partial charge in [0.2, 0.25) is 0 Å².